The van der Waals surface area contributed by atoms with Gasteiger partial charge in [0.25, 0.3) is 0 Å². The van der Waals surface area contributed by atoms with E-state index in [4.69, 9.17) is 0 Å². The first-order chi connectivity index (χ1) is 11.1. The molecule has 0 saturated carbocycles. The number of nitrogens with one attached hydrogen (secondary N) is 1. The average Bonchev–Trinajstić information content (AvgIpc) is 2.56. The molecule has 2 unspecified atom stereocenters. The molecule has 4 heteroatoms. The Morgan fingerprint density at radius 2 is 1.91 bits per heavy atom. The van der Waals surface area contributed by atoms with Crippen LogP contribution in [0.2, 0.25) is 0 Å². The minimum atomic E-state index is -0.586. The lowest BCUT2D eigenvalue weighted by Gasteiger charge is -2.20. The van der Waals surface area contributed by atoms with Crippen LogP contribution in [0.4, 0.5) is 0 Å². The standard InChI is InChI=1S/C19H24N2O2/c1-15(18(22)14-16-8-3-2-4-9-16)21-19(23)12-7-11-17-10-5-6-13-20-17/h2-6,8-10,13,15,18,22H,7,11-12,14H2,1H3,(H,21,23). The van der Waals surface area contributed by atoms with Gasteiger partial charge in [-0.25, -0.2) is 0 Å². The predicted octanol–water partition coefficient (Wildman–Crippen LogP) is 2.51. The van der Waals surface area contributed by atoms with Crippen LogP contribution >= 0.6 is 0 Å². The van der Waals surface area contributed by atoms with E-state index in [1.165, 1.54) is 0 Å². The molecule has 0 radical (unpaired) electrons. The van der Waals surface area contributed by atoms with Gasteiger partial charge in [0.05, 0.1) is 12.1 Å². The minimum absolute atomic E-state index is 0.0273. The molecule has 122 valence electrons. The van der Waals surface area contributed by atoms with Crippen molar-refractivity contribution in [2.24, 2.45) is 0 Å². The van der Waals surface area contributed by atoms with E-state index in [0.717, 1.165) is 24.1 Å². The smallest absolute Gasteiger partial charge is 0.220 e. The van der Waals surface area contributed by atoms with Gasteiger partial charge in [-0.2, -0.15) is 0 Å². The maximum atomic E-state index is 12.0. The van der Waals surface area contributed by atoms with Gasteiger partial charge in [-0.05, 0) is 37.5 Å². The third-order valence-electron chi connectivity index (χ3n) is 3.82. The maximum Gasteiger partial charge on any atom is 0.220 e. The molecule has 0 fully saturated rings. The number of pyridine rings is 1. The van der Waals surface area contributed by atoms with Crippen LogP contribution in [-0.4, -0.2) is 28.1 Å². The zero-order valence-electron chi connectivity index (χ0n) is 13.5. The van der Waals surface area contributed by atoms with E-state index in [1.807, 2.05) is 55.5 Å². The quantitative estimate of drug-likeness (QED) is 0.787. The Hall–Kier alpha value is -2.20. The second kappa shape index (κ2) is 9.06. The van der Waals surface area contributed by atoms with Crippen molar-refractivity contribution in [3.8, 4) is 0 Å². The van der Waals surface area contributed by atoms with Crippen molar-refractivity contribution in [1.29, 1.82) is 0 Å². The van der Waals surface area contributed by atoms with Gasteiger partial charge in [-0.1, -0.05) is 36.4 Å². The number of nitrogens with zero attached hydrogens (tertiary/aromatic N) is 1. The second-order valence-corrected chi connectivity index (χ2v) is 5.79. The Kier molecular flexibility index (Phi) is 6.76. The van der Waals surface area contributed by atoms with Crippen LogP contribution in [0.25, 0.3) is 0 Å². The summed E-state index contributed by atoms with van der Waals surface area (Å²) in [5.41, 5.74) is 2.06. The van der Waals surface area contributed by atoms with Gasteiger partial charge in [0.2, 0.25) is 5.91 Å². The molecule has 0 bridgehead atoms. The Labute approximate surface area is 137 Å². The lowest BCUT2D eigenvalue weighted by atomic mass is 10.0. The molecule has 0 aliphatic rings. The summed E-state index contributed by atoms with van der Waals surface area (Å²) < 4.78 is 0. The van der Waals surface area contributed by atoms with Crippen molar-refractivity contribution < 1.29 is 9.90 Å². The number of aromatic nitrogens is 1. The van der Waals surface area contributed by atoms with Crippen LogP contribution in [-0.2, 0) is 17.6 Å². The summed E-state index contributed by atoms with van der Waals surface area (Å²) >= 11 is 0. The molecule has 2 aromatic rings. The Morgan fingerprint density at radius 1 is 1.17 bits per heavy atom. The summed E-state index contributed by atoms with van der Waals surface area (Å²) in [4.78, 5) is 16.2. The number of rotatable bonds is 8. The van der Waals surface area contributed by atoms with Gasteiger partial charge in [-0.15, -0.1) is 0 Å². The highest BCUT2D eigenvalue weighted by Gasteiger charge is 2.16. The molecule has 1 aromatic heterocycles. The number of amides is 1. The van der Waals surface area contributed by atoms with E-state index < -0.39 is 6.10 Å². The molecule has 1 amide bonds. The lowest BCUT2D eigenvalue weighted by Crippen LogP contribution is -2.42. The summed E-state index contributed by atoms with van der Waals surface area (Å²) in [5.74, 6) is -0.0273. The number of aryl methyl sites for hydroxylation is 1. The van der Waals surface area contributed by atoms with E-state index in [-0.39, 0.29) is 11.9 Å². The van der Waals surface area contributed by atoms with Crippen molar-refractivity contribution in [2.75, 3.05) is 0 Å². The molecule has 0 spiro atoms. The zero-order valence-corrected chi connectivity index (χ0v) is 13.5. The van der Waals surface area contributed by atoms with E-state index in [9.17, 15) is 9.90 Å². The monoisotopic (exact) mass is 312 g/mol. The molecule has 4 nitrogen and oxygen atoms in total. The Balaban J connectivity index is 1.69. The lowest BCUT2D eigenvalue weighted by molar-refractivity contribution is -0.122. The SMILES string of the molecule is CC(NC(=O)CCCc1ccccn1)C(O)Cc1ccccc1. The molecule has 23 heavy (non-hydrogen) atoms. The van der Waals surface area contributed by atoms with Crippen molar-refractivity contribution in [1.82, 2.24) is 10.3 Å². The molecule has 0 aliphatic heterocycles. The molecular weight excluding hydrogens is 288 g/mol. The van der Waals surface area contributed by atoms with Gasteiger partial charge in [0.1, 0.15) is 0 Å². The predicted molar refractivity (Wildman–Crippen MR) is 90.9 cm³/mol. The van der Waals surface area contributed by atoms with E-state index >= 15 is 0 Å². The molecule has 2 N–H and O–H groups in total. The van der Waals surface area contributed by atoms with Gasteiger partial charge >= 0.3 is 0 Å². The average molecular weight is 312 g/mol. The molecular formula is C19H24N2O2. The van der Waals surface area contributed by atoms with Gasteiger partial charge < -0.3 is 10.4 Å². The number of hydrogen-bond donors (Lipinski definition) is 2. The van der Waals surface area contributed by atoms with Gasteiger partial charge in [0.15, 0.2) is 0 Å². The molecule has 2 atom stereocenters. The molecule has 0 aliphatic carbocycles. The van der Waals surface area contributed by atoms with Crippen molar-refractivity contribution in [3.63, 3.8) is 0 Å². The fourth-order valence-electron chi connectivity index (χ4n) is 2.43. The van der Waals surface area contributed by atoms with Gasteiger partial charge in [0, 0.05) is 24.7 Å². The van der Waals surface area contributed by atoms with E-state index in [0.29, 0.717) is 12.8 Å². The summed E-state index contributed by atoms with van der Waals surface area (Å²) in [6.07, 6.45) is 3.70. The molecule has 1 heterocycles. The Bertz CT molecular complexity index is 587. The van der Waals surface area contributed by atoms with Crippen LogP contribution < -0.4 is 5.32 Å². The summed E-state index contributed by atoms with van der Waals surface area (Å²) in [7, 11) is 0. The van der Waals surface area contributed by atoms with Crippen LogP contribution in [0.15, 0.2) is 54.7 Å². The number of carbonyl (C=O) groups excluding carboxylic acids is 1. The first-order valence-corrected chi connectivity index (χ1v) is 8.06. The zero-order chi connectivity index (χ0) is 16.5. The highest BCUT2D eigenvalue weighted by Crippen LogP contribution is 2.07. The van der Waals surface area contributed by atoms with Crippen molar-refractivity contribution >= 4 is 5.91 Å². The number of aliphatic hydroxyl groups excluding tert-OH is 1. The maximum absolute atomic E-state index is 12.0. The summed E-state index contributed by atoms with van der Waals surface area (Å²) in [5, 5.41) is 13.1. The Morgan fingerprint density at radius 3 is 2.61 bits per heavy atom. The van der Waals surface area contributed by atoms with Crippen molar-refractivity contribution in [3.05, 3.63) is 66.0 Å². The van der Waals surface area contributed by atoms with Gasteiger partial charge in [-0.3, -0.25) is 9.78 Å². The fourth-order valence-corrected chi connectivity index (χ4v) is 2.43. The van der Waals surface area contributed by atoms with E-state index in [2.05, 4.69) is 10.3 Å². The minimum Gasteiger partial charge on any atom is -0.391 e. The third-order valence-corrected chi connectivity index (χ3v) is 3.82. The van der Waals surface area contributed by atoms with Crippen LogP contribution in [0.3, 0.4) is 0 Å². The molecule has 2 rings (SSSR count). The van der Waals surface area contributed by atoms with Crippen LogP contribution in [0, 0.1) is 0 Å². The first kappa shape index (κ1) is 17.2. The second-order valence-electron chi connectivity index (χ2n) is 5.79. The molecule has 1 aromatic carbocycles. The largest absolute Gasteiger partial charge is 0.391 e. The summed E-state index contributed by atoms with van der Waals surface area (Å²) in [6.45, 7) is 1.84. The highest BCUT2D eigenvalue weighted by atomic mass is 16.3. The van der Waals surface area contributed by atoms with E-state index in [1.54, 1.807) is 6.20 Å². The highest BCUT2D eigenvalue weighted by molar-refractivity contribution is 5.76. The fraction of sp³-hybridized carbons (Fsp3) is 0.368. The molecule has 0 saturated heterocycles. The number of benzene rings is 1. The summed E-state index contributed by atoms with van der Waals surface area (Å²) in [6, 6.07) is 15.3. The third kappa shape index (κ3) is 6.20. The first-order valence-electron chi connectivity index (χ1n) is 8.06. The van der Waals surface area contributed by atoms with Crippen LogP contribution in [0.5, 0.6) is 0 Å². The number of aliphatic hydroxyl groups is 1. The van der Waals surface area contributed by atoms with Crippen LogP contribution in [0.1, 0.15) is 31.0 Å². The number of hydrogen-bond acceptors (Lipinski definition) is 3. The normalized spacial score (nSPS) is 13.3. The van der Waals surface area contributed by atoms with Crippen molar-refractivity contribution in [2.45, 2.75) is 44.8 Å². The topological polar surface area (TPSA) is 62.2 Å². The number of carbonyl (C=O) groups is 1.